The third-order valence-electron chi connectivity index (χ3n) is 0. The van der Waals surface area contributed by atoms with Gasteiger partial charge < -0.3 is 9.79 Å². The van der Waals surface area contributed by atoms with Crippen LogP contribution in [0.2, 0.25) is 0 Å². The molecule has 42 valence electrons. The largest absolute Gasteiger partial charge is 2.00 e. The summed E-state index contributed by atoms with van der Waals surface area (Å²) in [6, 6.07) is 0. The molecule has 0 rings (SSSR count). The third-order valence-corrected chi connectivity index (χ3v) is 0. The van der Waals surface area contributed by atoms with Crippen LogP contribution in [-0.2, 0) is 26.2 Å². The van der Waals surface area contributed by atoms with E-state index < -0.39 is 17.4 Å². The van der Waals surface area contributed by atoms with E-state index in [0.29, 0.717) is 0 Å². The van der Waals surface area contributed by atoms with Crippen LogP contribution in [0.5, 0.6) is 0 Å². The SMILES string of the molecule is O=PO.O=PO.[Fe+2]. The molecule has 7 heteroatoms. The van der Waals surface area contributed by atoms with Gasteiger partial charge in [-0.05, 0) is 0 Å². The van der Waals surface area contributed by atoms with Crippen molar-refractivity contribution in [1.82, 2.24) is 0 Å². The van der Waals surface area contributed by atoms with E-state index in [1.54, 1.807) is 0 Å². The van der Waals surface area contributed by atoms with Gasteiger partial charge in [-0.1, -0.05) is 0 Å². The van der Waals surface area contributed by atoms with E-state index in [1.807, 2.05) is 0 Å². The minimum atomic E-state index is -0.833. The van der Waals surface area contributed by atoms with Crippen LogP contribution in [-0.4, -0.2) is 9.79 Å². The fourth-order valence-electron chi connectivity index (χ4n) is 0. The summed E-state index contributed by atoms with van der Waals surface area (Å²) in [7, 11) is -1.67. The fourth-order valence-corrected chi connectivity index (χ4v) is 0. The molecule has 0 aromatic carbocycles. The van der Waals surface area contributed by atoms with E-state index in [2.05, 4.69) is 0 Å². The molecule has 0 saturated heterocycles. The third kappa shape index (κ3) is 349. The van der Waals surface area contributed by atoms with Gasteiger partial charge in [-0.15, -0.1) is 0 Å². The molecule has 0 atom stereocenters. The molecule has 0 aliphatic heterocycles. The second-order valence-corrected chi connectivity index (χ2v) is 0.490. The number of rotatable bonds is 0. The van der Waals surface area contributed by atoms with Crippen molar-refractivity contribution in [2.45, 2.75) is 0 Å². The first-order valence-electron chi connectivity index (χ1n) is 0.765. The Morgan fingerprint density at radius 1 is 1.00 bits per heavy atom. The molecule has 0 heterocycles. The maximum absolute atomic E-state index is 8.46. The van der Waals surface area contributed by atoms with Crippen molar-refractivity contribution < 1.29 is 36.0 Å². The first-order valence-corrected chi connectivity index (χ1v) is 2.30. The molecular formula is H2FeO4P2+2. The number of hydrogen-bond donors (Lipinski definition) is 2. The van der Waals surface area contributed by atoms with Crippen LogP contribution >= 0.6 is 17.4 Å². The van der Waals surface area contributed by atoms with Crippen molar-refractivity contribution in [3.63, 3.8) is 0 Å². The Balaban J connectivity index is -0.0000000400. The van der Waals surface area contributed by atoms with Gasteiger partial charge in [0.25, 0.3) is 0 Å². The van der Waals surface area contributed by atoms with Crippen LogP contribution in [0, 0.1) is 0 Å². The van der Waals surface area contributed by atoms with Gasteiger partial charge in [0.15, 0.2) is 0 Å². The predicted octanol–water partition coefficient (Wildman–Crippen LogP) is 0.368. The second kappa shape index (κ2) is 30.3. The van der Waals surface area contributed by atoms with E-state index in [4.69, 9.17) is 18.9 Å². The molecule has 0 aromatic heterocycles. The predicted molar refractivity (Wildman–Crippen MR) is 19.7 cm³/mol. The Labute approximate surface area is 54.0 Å². The maximum atomic E-state index is 8.46. The quantitative estimate of drug-likeness (QED) is 0.421. The van der Waals surface area contributed by atoms with Crippen LogP contribution in [0.1, 0.15) is 0 Å². The molecule has 0 bridgehead atoms. The summed E-state index contributed by atoms with van der Waals surface area (Å²) < 4.78 is 16.9. The van der Waals surface area contributed by atoms with Crippen molar-refractivity contribution >= 4 is 17.4 Å². The Morgan fingerprint density at radius 3 is 1.00 bits per heavy atom. The molecule has 0 spiro atoms. The molecule has 0 saturated carbocycles. The molecular weight excluding hydrogens is 182 g/mol. The van der Waals surface area contributed by atoms with Crippen molar-refractivity contribution in [2.75, 3.05) is 0 Å². The zero-order valence-corrected chi connectivity index (χ0v) is 5.85. The first-order chi connectivity index (χ1) is 2.83. The van der Waals surface area contributed by atoms with Crippen LogP contribution in [0.25, 0.3) is 0 Å². The average Bonchev–Trinajstić information content (AvgIpc) is 1.39. The summed E-state index contributed by atoms with van der Waals surface area (Å²) in [5, 5.41) is 0. The van der Waals surface area contributed by atoms with Gasteiger partial charge in [-0.2, -0.15) is 0 Å². The molecule has 0 amide bonds. The minimum Gasteiger partial charge on any atom is -0.310 e. The average molecular weight is 184 g/mol. The molecule has 0 aromatic rings. The summed E-state index contributed by atoms with van der Waals surface area (Å²) >= 11 is 0. The van der Waals surface area contributed by atoms with E-state index >= 15 is 0 Å². The van der Waals surface area contributed by atoms with Crippen LogP contribution in [0.15, 0.2) is 0 Å². The molecule has 4 nitrogen and oxygen atoms in total. The van der Waals surface area contributed by atoms with Crippen molar-refractivity contribution in [1.29, 1.82) is 0 Å². The van der Waals surface area contributed by atoms with Crippen LogP contribution in [0.4, 0.5) is 0 Å². The van der Waals surface area contributed by atoms with Crippen LogP contribution in [0.3, 0.4) is 0 Å². The van der Waals surface area contributed by atoms with E-state index in [1.165, 1.54) is 0 Å². The molecule has 2 N–H and O–H groups in total. The smallest absolute Gasteiger partial charge is 0.310 e. The summed E-state index contributed by atoms with van der Waals surface area (Å²) in [5.41, 5.74) is 0. The minimum absolute atomic E-state index is 0. The number of hydrogen-bond acceptors (Lipinski definition) is 2. The van der Waals surface area contributed by atoms with E-state index in [9.17, 15) is 0 Å². The zero-order chi connectivity index (χ0) is 5.41. The van der Waals surface area contributed by atoms with Gasteiger partial charge in [0.05, 0.1) is 0 Å². The molecule has 0 unspecified atom stereocenters. The summed E-state index contributed by atoms with van der Waals surface area (Å²) in [6.45, 7) is 0. The van der Waals surface area contributed by atoms with E-state index in [0.717, 1.165) is 0 Å². The van der Waals surface area contributed by atoms with Gasteiger partial charge in [-0.25, -0.2) is 9.13 Å². The molecule has 0 aliphatic carbocycles. The van der Waals surface area contributed by atoms with Gasteiger partial charge in [-0.3, -0.25) is 0 Å². The summed E-state index contributed by atoms with van der Waals surface area (Å²) in [5.74, 6) is 0. The summed E-state index contributed by atoms with van der Waals surface area (Å²) in [6.07, 6.45) is 0. The van der Waals surface area contributed by atoms with Crippen molar-refractivity contribution in [3.05, 3.63) is 0 Å². The monoisotopic (exact) mass is 184 g/mol. The Kier molecular flexibility index (Phi) is 67.7. The van der Waals surface area contributed by atoms with Crippen molar-refractivity contribution in [3.8, 4) is 0 Å². The topological polar surface area (TPSA) is 74.6 Å². The van der Waals surface area contributed by atoms with Gasteiger partial charge >= 0.3 is 34.4 Å². The standard InChI is InChI=1S/Fe.2HO2P/c;2*1-3-2/h;2*(H,1,2)/q+2;;. The van der Waals surface area contributed by atoms with Crippen molar-refractivity contribution in [2.24, 2.45) is 0 Å². The Hall–Kier alpha value is 0.639. The summed E-state index contributed by atoms with van der Waals surface area (Å²) in [4.78, 5) is 14.0. The molecule has 0 aliphatic rings. The fraction of sp³-hybridized carbons (Fsp3) is 0. The maximum Gasteiger partial charge on any atom is 2.00 e. The van der Waals surface area contributed by atoms with Gasteiger partial charge in [0.1, 0.15) is 0 Å². The molecule has 7 heavy (non-hydrogen) atoms. The van der Waals surface area contributed by atoms with Gasteiger partial charge in [0, 0.05) is 0 Å². The normalized spacial score (nSPS) is 6.00. The Bertz CT molecular complexity index is 30.7. The zero-order valence-electron chi connectivity index (χ0n) is 2.96. The second-order valence-electron chi connectivity index (χ2n) is 0.163. The van der Waals surface area contributed by atoms with Crippen LogP contribution < -0.4 is 0 Å². The molecule has 0 radical (unpaired) electrons. The van der Waals surface area contributed by atoms with Gasteiger partial charge in [0.2, 0.25) is 0 Å². The first kappa shape index (κ1) is 15.6. The molecule has 0 fully saturated rings. The Morgan fingerprint density at radius 2 is 1.00 bits per heavy atom. The van der Waals surface area contributed by atoms with E-state index in [-0.39, 0.29) is 17.1 Å².